The molecule has 0 aromatic heterocycles. The Morgan fingerprint density at radius 1 is 0.677 bits per heavy atom. The molecule has 7 rings (SSSR count). The Morgan fingerprint density at radius 3 is 1.68 bits per heavy atom. The molecular formula is C54H70O8SSi2. The predicted molar refractivity (Wildman–Crippen MR) is 265 cm³/mol. The molecule has 0 amide bonds. The molecule has 5 aromatic carbocycles. The Kier molecular flexibility index (Phi) is 15.9. The molecule has 2 heterocycles. The highest BCUT2D eigenvalue weighted by Crippen LogP contribution is 2.52. The first-order chi connectivity index (χ1) is 31.2. The van der Waals surface area contributed by atoms with Crippen LogP contribution in [0.5, 0.6) is 0 Å². The smallest absolute Gasteiger partial charge is 0.261 e. The van der Waals surface area contributed by atoms with E-state index < -0.39 is 55.3 Å². The van der Waals surface area contributed by atoms with Gasteiger partial charge in [-0.15, -0.1) is 0 Å². The van der Waals surface area contributed by atoms with E-state index in [0.29, 0.717) is 32.7 Å². The van der Waals surface area contributed by atoms with Gasteiger partial charge in [-0.05, 0) is 63.7 Å². The Bertz CT molecular complexity index is 2280. The number of benzene rings is 5. The van der Waals surface area contributed by atoms with Gasteiger partial charge in [-0.3, -0.25) is 0 Å². The third-order valence-electron chi connectivity index (χ3n) is 14.1. The van der Waals surface area contributed by atoms with Crippen molar-refractivity contribution >= 4 is 36.8 Å². The van der Waals surface area contributed by atoms with Gasteiger partial charge in [0, 0.05) is 25.9 Å². The first-order valence-corrected chi connectivity index (χ1v) is 29.5. The fourth-order valence-electron chi connectivity index (χ4n) is 9.94. The maximum absolute atomic E-state index is 15.4. The molecule has 0 bridgehead atoms. The van der Waals surface area contributed by atoms with Crippen molar-refractivity contribution in [2.75, 3.05) is 13.2 Å². The van der Waals surface area contributed by atoms with Crippen LogP contribution in [0.2, 0.25) is 23.2 Å². The molecule has 0 saturated carbocycles. The molecule has 0 radical (unpaired) electrons. The van der Waals surface area contributed by atoms with Gasteiger partial charge in [-0.2, -0.15) is 0 Å². The lowest BCUT2D eigenvalue weighted by Crippen LogP contribution is -2.67. The van der Waals surface area contributed by atoms with Crippen molar-refractivity contribution in [2.45, 2.75) is 144 Å². The number of sulfone groups is 1. The zero-order valence-corrected chi connectivity index (χ0v) is 42.3. The lowest BCUT2D eigenvalue weighted by molar-refractivity contribution is -0.239. The number of hydrogen-bond acceptors (Lipinski definition) is 8. The molecule has 0 N–H and O–H groups in total. The maximum atomic E-state index is 15.4. The Morgan fingerprint density at radius 2 is 1.17 bits per heavy atom. The molecule has 6 atom stereocenters. The van der Waals surface area contributed by atoms with E-state index in [0.717, 1.165) is 39.6 Å². The molecular weight excluding hydrogens is 865 g/mol. The van der Waals surface area contributed by atoms with Crippen LogP contribution in [-0.2, 0) is 50.9 Å². The van der Waals surface area contributed by atoms with E-state index in [4.69, 9.17) is 27.8 Å². The summed E-state index contributed by atoms with van der Waals surface area (Å²) in [7, 11) is -9.43. The van der Waals surface area contributed by atoms with E-state index in [1.807, 2.05) is 54.6 Å². The standard InChI is InChI=1S/C54H70O8SSi2/c1-8-64(9-2,10-3)62-48-38-50(58-41-44-28-18-12-19-29-44)53(7,36-37-57-40-43-26-16-11-17-27-43)60-49(48)39-54(63(55,56)45-30-20-13-21-31-45)51(61-54)42-59-65(52(4,5)6,46-32-22-14-23-33-46)47-34-24-15-25-35-47/h11-35,48-51H,8-10,36-42H2,1-7H3/t48-,49+,50+,51-,53-,54+/m1/s1. The molecule has 0 unspecified atom stereocenters. The van der Waals surface area contributed by atoms with Gasteiger partial charge in [0.25, 0.3) is 8.32 Å². The normalized spacial score (nSPS) is 23.9. The van der Waals surface area contributed by atoms with Gasteiger partial charge in [0.1, 0.15) is 6.10 Å². The predicted octanol–water partition coefficient (Wildman–Crippen LogP) is 10.7. The van der Waals surface area contributed by atoms with Crippen LogP contribution in [0.25, 0.3) is 0 Å². The van der Waals surface area contributed by atoms with E-state index in [2.05, 4.69) is 121 Å². The summed E-state index contributed by atoms with van der Waals surface area (Å²) in [5.74, 6) is 0. The monoisotopic (exact) mass is 934 g/mol. The lowest BCUT2D eigenvalue weighted by atomic mass is 9.84. The van der Waals surface area contributed by atoms with Crippen molar-refractivity contribution in [3.63, 3.8) is 0 Å². The molecule has 8 nitrogen and oxygen atoms in total. The minimum absolute atomic E-state index is 0.0666. The third-order valence-corrected chi connectivity index (χ3v) is 26.1. The summed E-state index contributed by atoms with van der Waals surface area (Å²) < 4.78 is 72.9. The van der Waals surface area contributed by atoms with Crippen molar-refractivity contribution in [1.29, 1.82) is 0 Å². The summed E-state index contributed by atoms with van der Waals surface area (Å²) in [5, 5.41) is 1.92. The molecule has 65 heavy (non-hydrogen) atoms. The van der Waals surface area contributed by atoms with Gasteiger partial charge < -0.3 is 27.8 Å². The summed E-state index contributed by atoms with van der Waals surface area (Å²) in [5.41, 5.74) is 1.31. The minimum Gasteiger partial charge on any atom is -0.411 e. The molecule has 0 aliphatic carbocycles. The molecule has 11 heteroatoms. The van der Waals surface area contributed by atoms with E-state index in [1.165, 1.54) is 0 Å². The van der Waals surface area contributed by atoms with Crippen molar-refractivity contribution in [3.05, 3.63) is 163 Å². The fourth-order valence-corrected chi connectivity index (χ4v) is 19.3. The van der Waals surface area contributed by atoms with Crippen LogP contribution in [0, 0.1) is 0 Å². The molecule has 2 aliphatic rings. The van der Waals surface area contributed by atoms with Crippen LogP contribution in [0.3, 0.4) is 0 Å². The largest absolute Gasteiger partial charge is 0.411 e. The van der Waals surface area contributed by atoms with Crippen molar-refractivity contribution < 1.29 is 36.2 Å². The Balaban J connectivity index is 1.26. The van der Waals surface area contributed by atoms with Crippen LogP contribution in [-0.4, -0.2) is 73.2 Å². The molecule has 0 spiro atoms. The average molecular weight is 935 g/mol. The quantitative estimate of drug-likeness (QED) is 0.0385. The molecule has 348 valence electrons. The lowest BCUT2D eigenvalue weighted by Gasteiger charge is -2.50. The molecule has 2 saturated heterocycles. The van der Waals surface area contributed by atoms with Crippen LogP contribution in [0.1, 0.15) is 78.9 Å². The highest BCUT2D eigenvalue weighted by Gasteiger charge is 2.69. The van der Waals surface area contributed by atoms with Crippen molar-refractivity contribution in [1.82, 2.24) is 0 Å². The summed E-state index contributed by atoms with van der Waals surface area (Å²) in [6, 6.07) is 52.7. The highest BCUT2D eigenvalue weighted by molar-refractivity contribution is 7.93. The Hall–Kier alpha value is -3.76. The second kappa shape index (κ2) is 21.0. The first kappa shape index (κ1) is 49.2. The van der Waals surface area contributed by atoms with Gasteiger partial charge in [0.05, 0.1) is 48.6 Å². The van der Waals surface area contributed by atoms with Crippen LogP contribution in [0.4, 0.5) is 0 Å². The number of hydrogen-bond donors (Lipinski definition) is 0. The van der Waals surface area contributed by atoms with E-state index in [9.17, 15) is 0 Å². The van der Waals surface area contributed by atoms with E-state index in [-0.39, 0.29) is 29.1 Å². The third kappa shape index (κ3) is 10.7. The van der Waals surface area contributed by atoms with Crippen molar-refractivity contribution in [2.24, 2.45) is 0 Å². The van der Waals surface area contributed by atoms with Gasteiger partial charge in [-0.25, -0.2) is 8.42 Å². The zero-order chi connectivity index (χ0) is 46.2. The Labute approximate surface area is 391 Å². The van der Waals surface area contributed by atoms with Gasteiger partial charge in [-0.1, -0.05) is 181 Å². The topological polar surface area (TPSA) is 92.8 Å². The number of epoxide rings is 1. The first-order valence-electron chi connectivity index (χ1n) is 23.6. The maximum Gasteiger partial charge on any atom is 0.261 e. The second-order valence-corrected chi connectivity index (χ2v) is 30.3. The van der Waals surface area contributed by atoms with Crippen molar-refractivity contribution in [3.8, 4) is 0 Å². The summed E-state index contributed by atoms with van der Waals surface area (Å²) in [4.78, 5) is -1.43. The summed E-state index contributed by atoms with van der Waals surface area (Å²) >= 11 is 0. The SMILES string of the molecule is CC[Si](CC)(CC)O[C@@H]1C[C@H](OCc2ccccc2)[C@@](C)(CCOCc2ccccc2)O[C@H]1C[C@@]1(S(=O)(=O)c2ccccc2)O[C@@H]1CO[Si](c1ccccc1)(c1ccccc1)C(C)(C)C. The van der Waals surface area contributed by atoms with Gasteiger partial charge >= 0.3 is 0 Å². The zero-order valence-electron chi connectivity index (χ0n) is 39.5. The van der Waals surface area contributed by atoms with E-state index in [1.54, 1.807) is 24.3 Å². The highest BCUT2D eigenvalue weighted by atomic mass is 32.2. The summed E-state index contributed by atoms with van der Waals surface area (Å²) in [6.45, 7) is 16.8. The van der Waals surface area contributed by atoms with Gasteiger partial charge in [0.2, 0.25) is 14.8 Å². The summed E-state index contributed by atoms with van der Waals surface area (Å²) in [6.07, 6.45) is -1.08. The number of rotatable bonds is 22. The van der Waals surface area contributed by atoms with Crippen LogP contribution < -0.4 is 10.4 Å². The van der Waals surface area contributed by atoms with E-state index >= 15 is 8.42 Å². The van der Waals surface area contributed by atoms with Crippen LogP contribution in [0.15, 0.2) is 157 Å². The number of ether oxygens (including phenoxy) is 4. The van der Waals surface area contributed by atoms with Crippen LogP contribution >= 0.6 is 0 Å². The minimum atomic E-state index is -4.11. The second-order valence-electron chi connectivity index (χ2n) is 19.1. The fraction of sp³-hybridized carbons (Fsp3) is 0.444. The molecule has 2 aliphatic heterocycles. The molecule has 2 fully saturated rings. The van der Waals surface area contributed by atoms with Gasteiger partial charge in [0.15, 0.2) is 8.32 Å². The average Bonchev–Trinajstić information content (AvgIpc) is 4.05. The molecule has 5 aromatic rings.